The summed E-state index contributed by atoms with van der Waals surface area (Å²) >= 11 is 0. The predicted molar refractivity (Wildman–Crippen MR) is 97.5 cm³/mol. The van der Waals surface area contributed by atoms with Crippen molar-refractivity contribution in [3.63, 3.8) is 0 Å². The average Bonchev–Trinajstić information content (AvgIpc) is 3.01. The highest BCUT2D eigenvalue weighted by Gasteiger charge is 2.45. The maximum absolute atomic E-state index is 13.6. The van der Waals surface area contributed by atoms with Gasteiger partial charge in [0.2, 0.25) is 0 Å². The summed E-state index contributed by atoms with van der Waals surface area (Å²) in [5, 5.41) is 11.6. The van der Waals surface area contributed by atoms with Gasteiger partial charge in [-0.3, -0.25) is 14.7 Å². The number of halogens is 2. The zero-order valence-corrected chi connectivity index (χ0v) is 14.9. The first-order valence-corrected chi connectivity index (χ1v) is 8.70. The monoisotopic (exact) mass is 384 g/mol. The fourth-order valence-electron chi connectivity index (χ4n) is 3.26. The van der Waals surface area contributed by atoms with Crippen molar-refractivity contribution in [2.45, 2.75) is 24.4 Å². The molecule has 0 aliphatic carbocycles. The molecule has 2 aromatic rings. The van der Waals surface area contributed by atoms with E-state index in [9.17, 15) is 18.4 Å². The van der Waals surface area contributed by atoms with Crippen molar-refractivity contribution >= 4 is 12.2 Å². The predicted octanol–water partition coefficient (Wildman–Crippen LogP) is 2.28. The summed E-state index contributed by atoms with van der Waals surface area (Å²) in [5.41, 5.74) is 1.69. The Morgan fingerprint density at radius 3 is 2.82 bits per heavy atom. The number of benzene rings is 1. The number of nitrogens with one attached hydrogen (secondary N) is 1. The van der Waals surface area contributed by atoms with Gasteiger partial charge in [-0.15, -0.1) is 0 Å². The Kier molecular flexibility index (Phi) is 5.76. The third-order valence-electron chi connectivity index (χ3n) is 4.58. The number of rotatable bonds is 6. The Bertz CT molecular complexity index is 899. The molecule has 1 aromatic heterocycles. The van der Waals surface area contributed by atoms with Gasteiger partial charge < -0.3 is 10.1 Å². The molecule has 1 aliphatic heterocycles. The molecule has 3 rings (SSSR count). The number of aldehydes is 1. The molecule has 2 atom stereocenters. The molecule has 8 heteroatoms. The molecule has 28 heavy (non-hydrogen) atoms. The molecule has 0 spiro atoms. The number of nitriles is 1. The quantitative estimate of drug-likeness (QED) is 0.773. The second-order valence-electron chi connectivity index (χ2n) is 6.64. The zero-order valence-electron chi connectivity index (χ0n) is 14.9. The molecule has 0 radical (unpaired) electrons. The molecule has 1 aliphatic rings. The minimum Gasteiger partial charge on any atom is -0.341 e. The van der Waals surface area contributed by atoms with Crippen LogP contribution in [0.4, 0.5) is 8.78 Å². The van der Waals surface area contributed by atoms with E-state index in [0.29, 0.717) is 17.4 Å². The number of nitrogens with zero attached hydrogens (tertiary/aromatic N) is 3. The lowest BCUT2D eigenvalue weighted by Gasteiger charge is -2.23. The van der Waals surface area contributed by atoms with E-state index in [1.54, 1.807) is 6.20 Å². The maximum atomic E-state index is 13.6. The van der Waals surface area contributed by atoms with Gasteiger partial charge in [0.1, 0.15) is 12.3 Å². The molecular formula is C20H18F2N4O2. The van der Waals surface area contributed by atoms with Crippen molar-refractivity contribution in [3.05, 3.63) is 54.4 Å². The smallest absolute Gasteiger partial charge is 0.263 e. The van der Waals surface area contributed by atoms with Crippen LogP contribution >= 0.6 is 0 Å². The minimum atomic E-state index is -2.98. The summed E-state index contributed by atoms with van der Waals surface area (Å²) in [7, 11) is 0. The number of carbonyl (C=O) groups excluding carboxylic acids is 2. The second kappa shape index (κ2) is 8.23. The molecule has 0 bridgehead atoms. The summed E-state index contributed by atoms with van der Waals surface area (Å²) in [6, 6.07) is 10.5. The van der Waals surface area contributed by atoms with E-state index in [-0.39, 0.29) is 6.54 Å². The number of pyridine rings is 1. The van der Waals surface area contributed by atoms with Gasteiger partial charge in [-0.2, -0.15) is 5.26 Å². The maximum Gasteiger partial charge on any atom is 0.263 e. The number of hydrogen-bond donors (Lipinski definition) is 1. The largest absolute Gasteiger partial charge is 0.341 e. The lowest BCUT2D eigenvalue weighted by atomic mass is 10.0. The number of likely N-dealkylation sites (tertiary alicyclic amines) is 1. The molecule has 0 saturated carbocycles. The third-order valence-corrected chi connectivity index (χ3v) is 4.58. The van der Waals surface area contributed by atoms with Crippen LogP contribution in [0.25, 0.3) is 11.1 Å². The van der Waals surface area contributed by atoms with E-state index in [1.165, 1.54) is 17.2 Å². The van der Waals surface area contributed by atoms with Gasteiger partial charge in [-0.1, -0.05) is 30.3 Å². The van der Waals surface area contributed by atoms with Crippen molar-refractivity contribution < 1.29 is 18.4 Å². The normalized spacial score (nSPS) is 19.5. The Morgan fingerprint density at radius 2 is 2.14 bits per heavy atom. The first-order chi connectivity index (χ1) is 13.4. The van der Waals surface area contributed by atoms with E-state index in [1.807, 2.05) is 36.4 Å². The molecule has 1 saturated heterocycles. The van der Waals surface area contributed by atoms with Gasteiger partial charge in [0.15, 0.2) is 0 Å². The molecule has 1 N–H and O–H groups in total. The van der Waals surface area contributed by atoms with Crippen LogP contribution in [0.5, 0.6) is 0 Å². The van der Waals surface area contributed by atoms with Crippen molar-refractivity contribution in [2.75, 3.05) is 13.1 Å². The molecule has 144 valence electrons. The first-order valence-electron chi connectivity index (χ1n) is 8.70. The minimum absolute atomic E-state index is 0.158. The van der Waals surface area contributed by atoms with E-state index < -0.39 is 36.9 Å². The third kappa shape index (κ3) is 4.38. The average molecular weight is 384 g/mol. The summed E-state index contributed by atoms with van der Waals surface area (Å²) in [6.07, 6.45) is 2.93. The van der Waals surface area contributed by atoms with Crippen LogP contribution in [0.3, 0.4) is 0 Å². The summed E-state index contributed by atoms with van der Waals surface area (Å²) < 4.78 is 27.2. The van der Waals surface area contributed by atoms with Gasteiger partial charge in [0, 0.05) is 30.9 Å². The highest BCUT2D eigenvalue weighted by atomic mass is 19.3. The zero-order chi connectivity index (χ0) is 20.1. The highest BCUT2D eigenvalue weighted by molar-refractivity contribution is 6.01. The van der Waals surface area contributed by atoms with E-state index in [4.69, 9.17) is 5.26 Å². The summed E-state index contributed by atoms with van der Waals surface area (Å²) in [5.74, 6) is -3.50. The number of alkyl halides is 2. The van der Waals surface area contributed by atoms with E-state index in [0.717, 1.165) is 5.56 Å². The second-order valence-corrected chi connectivity index (χ2v) is 6.64. The lowest BCUT2D eigenvalue weighted by molar-refractivity contribution is -0.110. The Morgan fingerprint density at radius 1 is 1.39 bits per heavy atom. The number of amides is 1. The van der Waals surface area contributed by atoms with Crippen LogP contribution in [-0.4, -0.2) is 53.2 Å². The topological polar surface area (TPSA) is 86.1 Å². The van der Waals surface area contributed by atoms with Crippen molar-refractivity contribution in [2.24, 2.45) is 0 Å². The SMILES string of the molecule is N#C[C@@H]1CC(F)(F)CN1C[C@@H](C=O)NC(=O)c1ccncc1-c1ccccc1. The molecular weight excluding hydrogens is 366 g/mol. The van der Waals surface area contributed by atoms with E-state index >= 15 is 0 Å². The molecule has 1 fully saturated rings. The molecule has 6 nitrogen and oxygen atoms in total. The van der Waals surface area contributed by atoms with Gasteiger partial charge in [0.25, 0.3) is 11.8 Å². The fourth-order valence-corrected chi connectivity index (χ4v) is 3.26. The van der Waals surface area contributed by atoms with Gasteiger partial charge in [-0.25, -0.2) is 8.78 Å². The van der Waals surface area contributed by atoms with Crippen LogP contribution in [0, 0.1) is 11.3 Å². The number of hydrogen-bond acceptors (Lipinski definition) is 5. The molecule has 0 unspecified atom stereocenters. The van der Waals surface area contributed by atoms with Crippen LogP contribution in [0.2, 0.25) is 0 Å². The van der Waals surface area contributed by atoms with Gasteiger partial charge in [-0.05, 0) is 11.6 Å². The fraction of sp³-hybridized carbons (Fsp3) is 0.300. The molecule has 1 amide bonds. The van der Waals surface area contributed by atoms with Crippen LogP contribution in [-0.2, 0) is 4.79 Å². The number of aromatic nitrogens is 1. The lowest BCUT2D eigenvalue weighted by Crippen LogP contribution is -2.46. The Labute approximate surface area is 160 Å². The van der Waals surface area contributed by atoms with Crippen molar-refractivity contribution in [1.82, 2.24) is 15.2 Å². The summed E-state index contributed by atoms with van der Waals surface area (Å²) in [6.45, 7) is -0.773. The Balaban J connectivity index is 1.75. The first kappa shape index (κ1) is 19.6. The molecule has 2 heterocycles. The van der Waals surface area contributed by atoms with Gasteiger partial charge >= 0.3 is 0 Å². The van der Waals surface area contributed by atoms with Crippen LogP contribution < -0.4 is 5.32 Å². The Hall–Kier alpha value is -3.18. The van der Waals surface area contributed by atoms with Crippen molar-refractivity contribution in [3.8, 4) is 17.2 Å². The number of carbonyl (C=O) groups is 2. The van der Waals surface area contributed by atoms with E-state index in [2.05, 4.69) is 10.3 Å². The summed E-state index contributed by atoms with van der Waals surface area (Å²) in [4.78, 5) is 29.5. The van der Waals surface area contributed by atoms with Crippen LogP contribution in [0.1, 0.15) is 16.8 Å². The van der Waals surface area contributed by atoms with Crippen LogP contribution in [0.15, 0.2) is 48.8 Å². The standard InChI is InChI=1S/C20H18F2N4O2/c21-20(22)8-16(9-23)26(13-20)11-15(12-27)25-19(28)17-6-7-24-10-18(17)14-4-2-1-3-5-14/h1-7,10,12,15-16H,8,11,13H2,(H,25,28)/t15-,16-/m0/s1. The van der Waals surface area contributed by atoms with Gasteiger partial charge in [0.05, 0.1) is 24.2 Å². The highest BCUT2D eigenvalue weighted by Crippen LogP contribution is 2.31. The van der Waals surface area contributed by atoms with Crippen molar-refractivity contribution in [1.29, 1.82) is 5.26 Å². The molecule has 1 aromatic carbocycles.